The number of ether oxygens (including phenoxy) is 1. The van der Waals surface area contributed by atoms with Crippen LogP contribution in [0.25, 0.3) is 10.8 Å². The Kier molecular flexibility index (Phi) is 5.43. The largest absolute Gasteiger partial charge is 0.492 e. The van der Waals surface area contributed by atoms with Crippen LogP contribution in [-0.2, 0) is 12.8 Å². The van der Waals surface area contributed by atoms with Crippen LogP contribution in [0, 0.1) is 0 Å². The number of rotatable bonds is 4. The van der Waals surface area contributed by atoms with Gasteiger partial charge in [0.25, 0.3) is 11.5 Å². The van der Waals surface area contributed by atoms with Crippen molar-refractivity contribution in [1.82, 2.24) is 20.0 Å². The van der Waals surface area contributed by atoms with E-state index in [-0.39, 0.29) is 11.5 Å². The Labute approximate surface area is 187 Å². The number of aromatic amines is 1. The van der Waals surface area contributed by atoms with Gasteiger partial charge in [-0.2, -0.15) is 5.10 Å². The predicted molar refractivity (Wildman–Crippen MR) is 123 cm³/mol. The molecule has 0 radical (unpaired) electrons. The smallest absolute Gasteiger partial charge is 0.272 e. The van der Waals surface area contributed by atoms with Crippen molar-refractivity contribution in [1.29, 1.82) is 0 Å². The molecule has 0 aliphatic carbocycles. The van der Waals surface area contributed by atoms with Gasteiger partial charge in [0.1, 0.15) is 5.75 Å². The minimum Gasteiger partial charge on any atom is -0.492 e. The summed E-state index contributed by atoms with van der Waals surface area (Å²) in [5.41, 5.74) is 3.32. The summed E-state index contributed by atoms with van der Waals surface area (Å²) in [4.78, 5) is 29.9. The predicted octanol–water partition coefficient (Wildman–Crippen LogP) is 2.62. The fourth-order valence-electron chi connectivity index (χ4n) is 4.75. The highest BCUT2D eigenvalue weighted by atomic mass is 16.5. The van der Waals surface area contributed by atoms with Gasteiger partial charge in [-0.05, 0) is 37.1 Å². The van der Waals surface area contributed by atoms with Crippen molar-refractivity contribution in [3.05, 3.63) is 69.1 Å². The van der Waals surface area contributed by atoms with Gasteiger partial charge in [0.2, 0.25) is 0 Å². The highest BCUT2D eigenvalue weighted by molar-refractivity contribution is 5.98. The molecule has 2 aromatic carbocycles. The molecule has 7 nitrogen and oxygen atoms in total. The molecule has 1 aromatic heterocycles. The van der Waals surface area contributed by atoms with Gasteiger partial charge in [0, 0.05) is 50.4 Å². The lowest BCUT2D eigenvalue weighted by Gasteiger charge is -2.37. The van der Waals surface area contributed by atoms with E-state index in [9.17, 15) is 9.59 Å². The number of fused-ring (bicyclic) bond motifs is 2. The second-order valence-corrected chi connectivity index (χ2v) is 8.87. The summed E-state index contributed by atoms with van der Waals surface area (Å²) < 4.78 is 5.87. The molecule has 7 heteroatoms. The molecule has 1 amide bonds. The Morgan fingerprint density at radius 2 is 1.88 bits per heavy atom. The number of piperazine rings is 1. The van der Waals surface area contributed by atoms with E-state index in [2.05, 4.69) is 35.0 Å². The zero-order valence-corrected chi connectivity index (χ0v) is 18.6. The SMILES string of the molecule is CC(C)N1CCN(C(=O)c2cc(Cc3n[nH]c(=O)c4ccccc34)cc3c2OCC3)CC1. The number of carbonyl (C=O) groups is 1. The van der Waals surface area contributed by atoms with Crippen molar-refractivity contribution < 1.29 is 9.53 Å². The number of aromatic nitrogens is 2. The van der Waals surface area contributed by atoms with E-state index >= 15 is 0 Å². The number of carbonyl (C=O) groups excluding carboxylic acids is 1. The third-order valence-electron chi connectivity index (χ3n) is 6.55. The van der Waals surface area contributed by atoms with E-state index in [1.807, 2.05) is 35.2 Å². The second kappa shape index (κ2) is 8.39. The maximum absolute atomic E-state index is 13.5. The van der Waals surface area contributed by atoms with Crippen LogP contribution in [0.1, 0.15) is 41.0 Å². The summed E-state index contributed by atoms with van der Waals surface area (Å²) in [7, 11) is 0. The van der Waals surface area contributed by atoms with E-state index < -0.39 is 0 Å². The van der Waals surface area contributed by atoms with Crippen LogP contribution in [-0.4, -0.2) is 64.7 Å². The van der Waals surface area contributed by atoms with E-state index in [1.54, 1.807) is 0 Å². The average molecular weight is 433 g/mol. The molecule has 1 N–H and O–H groups in total. The first kappa shape index (κ1) is 20.7. The Balaban J connectivity index is 1.46. The van der Waals surface area contributed by atoms with Crippen LogP contribution in [0.15, 0.2) is 41.2 Å². The number of amides is 1. The third kappa shape index (κ3) is 3.77. The summed E-state index contributed by atoms with van der Waals surface area (Å²) in [6, 6.07) is 12.0. The summed E-state index contributed by atoms with van der Waals surface area (Å²) in [6.07, 6.45) is 1.33. The van der Waals surface area contributed by atoms with Gasteiger partial charge in [-0.1, -0.05) is 24.3 Å². The van der Waals surface area contributed by atoms with Crippen molar-refractivity contribution in [3.8, 4) is 5.75 Å². The lowest BCUT2D eigenvalue weighted by Crippen LogP contribution is -2.50. The molecular formula is C25H28N4O3. The highest BCUT2D eigenvalue weighted by Crippen LogP contribution is 2.33. The van der Waals surface area contributed by atoms with Crippen LogP contribution in [0.2, 0.25) is 0 Å². The number of H-pyrrole nitrogens is 1. The summed E-state index contributed by atoms with van der Waals surface area (Å²) >= 11 is 0. The molecule has 3 heterocycles. The summed E-state index contributed by atoms with van der Waals surface area (Å²) in [5.74, 6) is 0.761. The molecule has 3 aromatic rings. The molecule has 2 aliphatic rings. The van der Waals surface area contributed by atoms with Crippen molar-refractivity contribution in [2.45, 2.75) is 32.7 Å². The van der Waals surface area contributed by atoms with Crippen molar-refractivity contribution >= 4 is 16.7 Å². The monoisotopic (exact) mass is 432 g/mol. The van der Waals surface area contributed by atoms with Gasteiger partial charge < -0.3 is 9.64 Å². The first-order valence-corrected chi connectivity index (χ1v) is 11.3. The molecule has 0 atom stereocenters. The van der Waals surface area contributed by atoms with Gasteiger partial charge >= 0.3 is 0 Å². The zero-order valence-electron chi connectivity index (χ0n) is 18.6. The van der Waals surface area contributed by atoms with E-state index in [0.717, 1.165) is 60.6 Å². The topological polar surface area (TPSA) is 78.5 Å². The van der Waals surface area contributed by atoms with Gasteiger partial charge in [0.05, 0.1) is 23.3 Å². The quantitative estimate of drug-likeness (QED) is 0.686. The number of nitrogens with one attached hydrogen (secondary N) is 1. The minimum absolute atomic E-state index is 0.0349. The molecule has 0 bridgehead atoms. The van der Waals surface area contributed by atoms with Crippen molar-refractivity contribution in [2.75, 3.05) is 32.8 Å². The summed E-state index contributed by atoms with van der Waals surface area (Å²) in [6.45, 7) is 8.20. The molecule has 1 fully saturated rings. The molecule has 0 unspecified atom stereocenters. The zero-order chi connectivity index (χ0) is 22.2. The molecule has 32 heavy (non-hydrogen) atoms. The second-order valence-electron chi connectivity index (χ2n) is 8.87. The van der Waals surface area contributed by atoms with Crippen LogP contribution in [0.4, 0.5) is 0 Å². The van der Waals surface area contributed by atoms with Crippen LogP contribution >= 0.6 is 0 Å². The molecule has 0 spiro atoms. The van der Waals surface area contributed by atoms with Gasteiger partial charge in [-0.3, -0.25) is 14.5 Å². The standard InChI is InChI=1S/C25H28N4O3/c1-16(2)28-8-10-29(11-9-28)25(31)21-14-17(13-18-7-12-32-23(18)21)15-22-19-5-3-4-6-20(19)24(30)27-26-22/h3-6,13-14,16H,7-12,15H2,1-2H3,(H,27,30). The maximum Gasteiger partial charge on any atom is 0.272 e. The maximum atomic E-state index is 13.5. The Morgan fingerprint density at radius 1 is 1.12 bits per heavy atom. The normalized spacial score (nSPS) is 16.4. The van der Waals surface area contributed by atoms with Gasteiger partial charge in [-0.25, -0.2) is 5.10 Å². The molecule has 0 saturated carbocycles. The van der Waals surface area contributed by atoms with Crippen molar-refractivity contribution in [2.24, 2.45) is 0 Å². The molecule has 166 valence electrons. The number of hydrogen-bond acceptors (Lipinski definition) is 5. The number of hydrogen-bond donors (Lipinski definition) is 1. The first-order chi connectivity index (χ1) is 15.5. The first-order valence-electron chi connectivity index (χ1n) is 11.3. The third-order valence-corrected chi connectivity index (χ3v) is 6.55. The van der Waals surface area contributed by atoms with E-state index in [1.165, 1.54) is 0 Å². The van der Waals surface area contributed by atoms with Crippen LogP contribution in [0.3, 0.4) is 0 Å². The molecular weight excluding hydrogens is 404 g/mol. The fourth-order valence-corrected chi connectivity index (χ4v) is 4.75. The number of benzene rings is 2. The fraction of sp³-hybridized carbons (Fsp3) is 0.400. The molecule has 2 aliphatic heterocycles. The van der Waals surface area contributed by atoms with Gasteiger partial charge in [0.15, 0.2) is 0 Å². The van der Waals surface area contributed by atoms with Crippen LogP contribution in [0.5, 0.6) is 5.75 Å². The molecule has 5 rings (SSSR count). The lowest BCUT2D eigenvalue weighted by molar-refractivity contribution is 0.0592. The van der Waals surface area contributed by atoms with Gasteiger partial charge in [-0.15, -0.1) is 0 Å². The summed E-state index contributed by atoms with van der Waals surface area (Å²) in [5, 5.41) is 8.39. The average Bonchev–Trinajstić information content (AvgIpc) is 3.29. The number of nitrogens with zero attached hydrogens (tertiary/aromatic N) is 3. The molecule has 1 saturated heterocycles. The Bertz CT molecular complexity index is 1230. The Hall–Kier alpha value is -3.19. The van der Waals surface area contributed by atoms with E-state index in [0.29, 0.717) is 30.0 Å². The lowest BCUT2D eigenvalue weighted by atomic mass is 9.98. The highest BCUT2D eigenvalue weighted by Gasteiger charge is 2.28. The minimum atomic E-state index is -0.192. The Morgan fingerprint density at radius 3 is 2.62 bits per heavy atom. The van der Waals surface area contributed by atoms with E-state index in [4.69, 9.17) is 4.74 Å². The van der Waals surface area contributed by atoms with Crippen molar-refractivity contribution in [3.63, 3.8) is 0 Å². The van der Waals surface area contributed by atoms with Crippen LogP contribution < -0.4 is 10.3 Å².